The molecule has 1 aromatic carbocycles. The third-order valence-electron chi connectivity index (χ3n) is 9.52. The number of benzene rings is 1. The Morgan fingerprint density at radius 1 is 1.07 bits per heavy atom. The molecule has 2 aromatic heterocycles. The standard InChI is InChI=1S/C33H46N6O3/c1-22-6-5-7-27(20-22)23(2)34-31-28-21-29-30(42-19-17-39(29)32(28)36-24(3)35-31)25-10-14-38(15-11-25)33(40)26-8-12-37(13-9-26)16-18-41-4/h5-7,20-21,23,25-26,30H,8-19H2,1-4H3,(H,34,35,36)/t23-,30?/m1/s1. The fourth-order valence-corrected chi connectivity index (χ4v) is 7.10. The number of nitrogens with one attached hydrogen (secondary N) is 1. The van der Waals surface area contributed by atoms with Crippen molar-refractivity contribution in [2.24, 2.45) is 11.8 Å². The van der Waals surface area contributed by atoms with Gasteiger partial charge in [-0.05, 0) is 77.1 Å². The Morgan fingerprint density at radius 3 is 2.60 bits per heavy atom. The summed E-state index contributed by atoms with van der Waals surface area (Å²) in [6, 6.07) is 11.0. The highest BCUT2D eigenvalue weighted by atomic mass is 16.5. The van der Waals surface area contributed by atoms with Crippen LogP contribution in [0.15, 0.2) is 30.3 Å². The zero-order valence-corrected chi connectivity index (χ0v) is 25.6. The average Bonchev–Trinajstić information content (AvgIpc) is 3.39. The number of hydrogen-bond donors (Lipinski definition) is 1. The van der Waals surface area contributed by atoms with Crippen molar-refractivity contribution >= 4 is 22.8 Å². The number of carbonyl (C=O) groups excluding carboxylic acids is 1. The molecule has 0 aliphatic carbocycles. The molecule has 2 atom stereocenters. The lowest BCUT2D eigenvalue weighted by molar-refractivity contribution is -0.139. The zero-order valence-electron chi connectivity index (χ0n) is 25.6. The van der Waals surface area contributed by atoms with Crippen molar-refractivity contribution in [3.05, 3.63) is 53.0 Å². The maximum Gasteiger partial charge on any atom is 0.225 e. The van der Waals surface area contributed by atoms with E-state index in [2.05, 4.69) is 63.9 Å². The van der Waals surface area contributed by atoms with E-state index in [0.717, 1.165) is 94.2 Å². The molecular formula is C33H46N6O3. The molecule has 2 fully saturated rings. The van der Waals surface area contributed by atoms with Gasteiger partial charge in [0.05, 0.1) is 18.6 Å². The van der Waals surface area contributed by atoms with Crippen LogP contribution in [0, 0.1) is 25.7 Å². The van der Waals surface area contributed by atoms with Crippen LogP contribution in [-0.2, 0) is 20.8 Å². The Balaban J connectivity index is 1.14. The monoisotopic (exact) mass is 574 g/mol. The van der Waals surface area contributed by atoms with Crippen molar-refractivity contribution in [1.82, 2.24) is 24.3 Å². The zero-order chi connectivity index (χ0) is 29.2. The second-order valence-corrected chi connectivity index (χ2v) is 12.4. The molecule has 42 heavy (non-hydrogen) atoms. The number of amides is 1. The van der Waals surface area contributed by atoms with Gasteiger partial charge in [0.2, 0.25) is 5.91 Å². The van der Waals surface area contributed by atoms with Crippen molar-refractivity contribution in [3.63, 3.8) is 0 Å². The Kier molecular flexibility index (Phi) is 8.79. The van der Waals surface area contributed by atoms with E-state index in [0.29, 0.717) is 18.4 Å². The molecule has 0 spiro atoms. The Bertz CT molecular complexity index is 1390. The molecule has 226 valence electrons. The highest BCUT2D eigenvalue weighted by Gasteiger charge is 2.36. The number of ether oxygens (including phenoxy) is 2. The number of anilines is 1. The number of carbonyl (C=O) groups is 1. The molecule has 3 aliphatic rings. The summed E-state index contributed by atoms with van der Waals surface area (Å²) in [5.74, 6) is 2.53. The molecular weight excluding hydrogens is 528 g/mol. The van der Waals surface area contributed by atoms with Gasteiger partial charge in [-0.3, -0.25) is 4.79 Å². The molecule has 9 nitrogen and oxygen atoms in total. The van der Waals surface area contributed by atoms with Gasteiger partial charge in [-0.25, -0.2) is 9.97 Å². The van der Waals surface area contributed by atoms with Crippen LogP contribution in [-0.4, -0.2) is 83.3 Å². The average molecular weight is 575 g/mol. The van der Waals surface area contributed by atoms with Gasteiger partial charge in [-0.2, -0.15) is 0 Å². The van der Waals surface area contributed by atoms with Crippen molar-refractivity contribution < 1.29 is 14.3 Å². The van der Waals surface area contributed by atoms with E-state index in [9.17, 15) is 4.79 Å². The van der Waals surface area contributed by atoms with Gasteiger partial charge in [0.1, 0.15) is 23.4 Å². The van der Waals surface area contributed by atoms with E-state index in [1.165, 1.54) is 16.8 Å². The van der Waals surface area contributed by atoms with Crippen LogP contribution in [0.5, 0.6) is 0 Å². The minimum Gasteiger partial charge on any atom is -0.383 e. The normalized spacial score (nSPS) is 21.4. The van der Waals surface area contributed by atoms with Gasteiger partial charge in [-0.15, -0.1) is 0 Å². The first-order valence-electron chi connectivity index (χ1n) is 15.7. The molecule has 2 saturated heterocycles. The first-order valence-corrected chi connectivity index (χ1v) is 15.7. The van der Waals surface area contributed by atoms with E-state index < -0.39 is 0 Å². The maximum absolute atomic E-state index is 13.4. The van der Waals surface area contributed by atoms with Gasteiger partial charge >= 0.3 is 0 Å². The molecule has 3 aliphatic heterocycles. The first-order chi connectivity index (χ1) is 20.4. The SMILES string of the molecule is COCCN1CCC(C(=O)N2CCC(C3OCCn4c3cc3c(N[C@H](C)c5cccc(C)c5)nc(C)nc34)CC2)CC1. The van der Waals surface area contributed by atoms with E-state index in [-0.39, 0.29) is 18.1 Å². The van der Waals surface area contributed by atoms with Crippen LogP contribution in [0.4, 0.5) is 5.82 Å². The van der Waals surface area contributed by atoms with Crippen LogP contribution in [0.1, 0.15) is 67.4 Å². The number of fused-ring (bicyclic) bond motifs is 3. The predicted octanol–water partition coefficient (Wildman–Crippen LogP) is 4.89. The Labute approximate surface area is 249 Å². The quantitative estimate of drug-likeness (QED) is 0.410. The van der Waals surface area contributed by atoms with E-state index >= 15 is 0 Å². The molecule has 1 N–H and O–H groups in total. The van der Waals surface area contributed by atoms with Gasteiger partial charge in [0.15, 0.2) is 0 Å². The molecule has 9 heteroatoms. The van der Waals surface area contributed by atoms with Crippen LogP contribution in [0.2, 0.25) is 0 Å². The molecule has 5 heterocycles. The fraction of sp³-hybridized carbons (Fsp3) is 0.606. The number of nitrogens with zero attached hydrogens (tertiary/aromatic N) is 5. The molecule has 0 radical (unpaired) electrons. The van der Waals surface area contributed by atoms with Crippen LogP contribution < -0.4 is 5.32 Å². The second kappa shape index (κ2) is 12.7. The summed E-state index contributed by atoms with van der Waals surface area (Å²) in [6.07, 6.45) is 3.84. The van der Waals surface area contributed by atoms with E-state index in [4.69, 9.17) is 19.4 Å². The maximum atomic E-state index is 13.4. The number of aromatic nitrogens is 3. The molecule has 0 saturated carbocycles. The number of rotatable bonds is 8. The lowest BCUT2D eigenvalue weighted by Crippen LogP contribution is -2.46. The minimum atomic E-state index is 0.0107. The molecule has 1 unspecified atom stereocenters. The lowest BCUT2D eigenvalue weighted by atomic mass is 9.87. The van der Waals surface area contributed by atoms with Gasteiger partial charge in [0, 0.05) is 50.9 Å². The largest absolute Gasteiger partial charge is 0.383 e. The van der Waals surface area contributed by atoms with Gasteiger partial charge in [-0.1, -0.05) is 29.8 Å². The fourth-order valence-electron chi connectivity index (χ4n) is 7.10. The Hall–Kier alpha value is -3.01. The molecule has 1 amide bonds. The van der Waals surface area contributed by atoms with E-state index in [1.54, 1.807) is 7.11 Å². The summed E-state index contributed by atoms with van der Waals surface area (Å²) in [4.78, 5) is 27.6. The summed E-state index contributed by atoms with van der Waals surface area (Å²) in [7, 11) is 1.75. The van der Waals surface area contributed by atoms with Gasteiger partial charge < -0.3 is 29.2 Å². The summed E-state index contributed by atoms with van der Waals surface area (Å²) in [6.45, 7) is 13.0. The third kappa shape index (κ3) is 6.05. The van der Waals surface area contributed by atoms with Crippen molar-refractivity contribution in [3.8, 4) is 0 Å². The smallest absolute Gasteiger partial charge is 0.225 e. The van der Waals surface area contributed by atoms with Crippen LogP contribution in [0.25, 0.3) is 11.0 Å². The predicted molar refractivity (Wildman–Crippen MR) is 165 cm³/mol. The minimum absolute atomic E-state index is 0.0107. The summed E-state index contributed by atoms with van der Waals surface area (Å²) < 4.78 is 14.0. The topological polar surface area (TPSA) is 84.8 Å². The second-order valence-electron chi connectivity index (χ2n) is 12.4. The number of aryl methyl sites for hydroxylation is 2. The van der Waals surface area contributed by atoms with Crippen LogP contribution in [0.3, 0.4) is 0 Å². The third-order valence-corrected chi connectivity index (χ3v) is 9.52. The number of hydrogen-bond acceptors (Lipinski definition) is 7. The number of piperidine rings is 2. The number of likely N-dealkylation sites (tertiary alicyclic amines) is 2. The molecule has 3 aromatic rings. The summed E-state index contributed by atoms with van der Waals surface area (Å²) in [5.41, 5.74) is 4.66. The van der Waals surface area contributed by atoms with Crippen molar-refractivity contribution in [2.45, 2.75) is 65.1 Å². The van der Waals surface area contributed by atoms with E-state index in [1.807, 2.05) is 6.92 Å². The molecule has 0 bridgehead atoms. The Morgan fingerprint density at radius 2 is 1.86 bits per heavy atom. The summed E-state index contributed by atoms with van der Waals surface area (Å²) in [5, 5.41) is 4.73. The lowest BCUT2D eigenvalue weighted by Gasteiger charge is -2.40. The van der Waals surface area contributed by atoms with Crippen molar-refractivity contribution in [1.29, 1.82) is 0 Å². The molecule has 6 rings (SSSR count). The van der Waals surface area contributed by atoms with Crippen LogP contribution >= 0.6 is 0 Å². The van der Waals surface area contributed by atoms with Crippen molar-refractivity contribution in [2.75, 3.05) is 58.4 Å². The number of methoxy groups -OCH3 is 1. The first kappa shape index (κ1) is 29.1. The van der Waals surface area contributed by atoms with Gasteiger partial charge in [0.25, 0.3) is 0 Å². The summed E-state index contributed by atoms with van der Waals surface area (Å²) >= 11 is 0. The highest BCUT2D eigenvalue weighted by molar-refractivity contribution is 5.89. The highest BCUT2D eigenvalue weighted by Crippen LogP contribution is 2.40.